The molecule has 1 atom stereocenters. The van der Waals surface area contributed by atoms with Crippen molar-refractivity contribution in [2.24, 2.45) is 0 Å². The van der Waals surface area contributed by atoms with Gasteiger partial charge in [-0.2, -0.15) is 0 Å². The highest BCUT2D eigenvalue weighted by Gasteiger charge is 2.17. The van der Waals surface area contributed by atoms with E-state index in [0.29, 0.717) is 13.2 Å². The summed E-state index contributed by atoms with van der Waals surface area (Å²) >= 11 is 1.83. The predicted octanol–water partition coefficient (Wildman–Crippen LogP) is 2.94. The van der Waals surface area contributed by atoms with E-state index in [1.807, 2.05) is 42.5 Å². The Morgan fingerprint density at radius 1 is 1.18 bits per heavy atom. The second-order valence-corrected chi connectivity index (χ2v) is 8.80. The number of benzene rings is 1. The summed E-state index contributed by atoms with van der Waals surface area (Å²) in [5.41, 5.74) is 1.09. The van der Waals surface area contributed by atoms with Gasteiger partial charge < -0.3 is 14.6 Å². The predicted molar refractivity (Wildman–Crippen MR) is 114 cm³/mol. The second-order valence-electron chi connectivity index (χ2n) is 7.43. The zero-order chi connectivity index (χ0) is 19.8. The average molecular weight is 405 g/mol. The molecule has 1 aliphatic rings. The van der Waals surface area contributed by atoms with Crippen LogP contribution in [0.25, 0.3) is 0 Å². The second kappa shape index (κ2) is 10.9. The Bertz CT molecular complexity index is 715. The fourth-order valence-electron chi connectivity index (χ4n) is 3.39. The molecule has 154 valence electrons. The van der Waals surface area contributed by atoms with Gasteiger partial charge >= 0.3 is 0 Å². The topological polar surface area (TPSA) is 45.2 Å². The fraction of sp³-hybridized carbons (Fsp3) is 0.545. The molecule has 28 heavy (non-hydrogen) atoms. The lowest BCUT2D eigenvalue weighted by atomic mass is 10.2. The first kappa shape index (κ1) is 21.3. The van der Waals surface area contributed by atoms with E-state index in [2.05, 4.69) is 28.9 Å². The Morgan fingerprint density at radius 2 is 1.96 bits per heavy atom. The maximum absolute atomic E-state index is 10.6. The van der Waals surface area contributed by atoms with Crippen molar-refractivity contribution in [3.63, 3.8) is 0 Å². The molecular formula is C22H32N2O3S. The van der Waals surface area contributed by atoms with E-state index in [1.165, 1.54) is 9.75 Å². The first-order valence-corrected chi connectivity index (χ1v) is 10.9. The minimum Gasteiger partial charge on any atom is -0.491 e. The largest absolute Gasteiger partial charge is 0.491 e. The van der Waals surface area contributed by atoms with E-state index in [-0.39, 0.29) is 0 Å². The number of morpholine rings is 1. The molecule has 2 aromatic rings. The molecule has 0 aliphatic carbocycles. The molecule has 0 amide bonds. The van der Waals surface area contributed by atoms with Gasteiger partial charge in [-0.25, -0.2) is 0 Å². The first-order chi connectivity index (χ1) is 13.6. The molecule has 1 N–H and O–H groups in total. The van der Waals surface area contributed by atoms with E-state index in [4.69, 9.17) is 9.47 Å². The molecule has 1 aliphatic heterocycles. The number of rotatable bonds is 10. The SMILES string of the molecule is Cc1ccc(CN(CCN2CCOCC2)CC(O)COc2ccccc2C)s1. The lowest BCUT2D eigenvalue weighted by molar-refractivity contribution is 0.0257. The van der Waals surface area contributed by atoms with Crippen molar-refractivity contribution < 1.29 is 14.6 Å². The number of aliphatic hydroxyl groups is 1. The van der Waals surface area contributed by atoms with Crippen molar-refractivity contribution in [2.45, 2.75) is 26.5 Å². The monoisotopic (exact) mass is 404 g/mol. The third-order valence-electron chi connectivity index (χ3n) is 5.01. The van der Waals surface area contributed by atoms with Crippen molar-refractivity contribution >= 4 is 11.3 Å². The van der Waals surface area contributed by atoms with Gasteiger partial charge in [-0.3, -0.25) is 9.80 Å². The van der Waals surface area contributed by atoms with Gasteiger partial charge in [0.1, 0.15) is 18.5 Å². The van der Waals surface area contributed by atoms with Gasteiger partial charge in [-0.1, -0.05) is 18.2 Å². The van der Waals surface area contributed by atoms with Gasteiger partial charge in [0.2, 0.25) is 0 Å². The van der Waals surface area contributed by atoms with Gasteiger partial charge in [0, 0.05) is 49.0 Å². The summed E-state index contributed by atoms with van der Waals surface area (Å²) in [6, 6.07) is 12.3. The Balaban J connectivity index is 1.52. The van der Waals surface area contributed by atoms with Crippen LogP contribution in [0.2, 0.25) is 0 Å². The summed E-state index contributed by atoms with van der Waals surface area (Å²) in [6.45, 7) is 11.5. The molecule has 1 unspecified atom stereocenters. The van der Waals surface area contributed by atoms with Crippen LogP contribution < -0.4 is 4.74 Å². The summed E-state index contributed by atoms with van der Waals surface area (Å²) in [5, 5.41) is 10.6. The summed E-state index contributed by atoms with van der Waals surface area (Å²) in [4.78, 5) is 7.44. The molecule has 1 saturated heterocycles. The van der Waals surface area contributed by atoms with Crippen LogP contribution in [0.15, 0.2) is 36.4 Å². The molecule has 1 fully saturated rings. The van der Waals surface area contributed by atoms with Gasteiger partial charge in [0.05, 0.1) is 13.2 Å². The lowest BCUT2D eigenvalue weighted by Gasteiger charge is -2.30. The van der Waals surface area contributed by atoms with E-state index >= 15 is 0 Å². The Morgan fingerprint density at radius 3 is 2.68 bits per heavy atom. The number of nitrogens with zero attached hydrogens (tertiary/aromatic N) is 2. The molecule has 1 aromatic carbocycles. The number of aryl methyl sites for hydroxylation is 2. The number of hydrogen-bond acceptors (Lipinski definition) is 6. The van der Waals surface area contributed by atoms with Crippen molar-refractivity contribution in [1.82, 2.24) is 9.80 Å². The number of thiophene rings is 1. The molecule has 0 spiro atoms. The van der Waals surface area contributed by atoms with Crippen molar-refractivity contribution in [3.05, 3.63) is 51.7 Å². The van der Waals surface area contributed by atoms with Gasteiger partial charge in [-0.05, 0) is 37.6 Å². The third-order valence-corrected chi connectivity index (χ3v) is 5.99. The molecule has 1 aromatic heterocycles. The lowest BCUT2D eigenvalue weighted by Crippen LogP contribution is -2.43. The maximum Gasteiger partial charge on any atom is 0.122 e. The van der Waals surface area contributed by atoms with Gasteiger partial charge in [0.15, 0.2) is 0 Å². The first-order valence-electron chi connectivity index (χ1n) is 10.0. The maximum atomic E-state index is 10.6. The molecule has 6 heteroatoms. The Labute approximate surface area is 172 Å². The summed E-state index contributed by atoms with van der Waals surface area (Å²) in [7, 11) is 0. The standard InChI is InChI=1S/C22H32N2O3S/c1-18-5-3-4-6-22(18)27-17-20(25)15-24(16-21-8-7-19(2)28-21)10-9-23-11-13-26-14-12-23/h3-8,20,25H,9-17H2,1-2H3. The minimum atomic E-state index is -0.523. The molecular weight excluding hydrogens is 372 g/mol. The van der Waals surface area contributed by atoms with Crippen LogP contribution >= 0.6 is 11.3 Å². The highest BCUT2D eigenvalue weighted by Crippen LogP contribution is 2.18. The number of ether oxygens (including phenoxy) is 2. The Kier molecular flexibility index (Phi) is 8.30. The molecule has 0 radical (unpaired) electrons. The molecule has 0 bridgehead atoms. The molecule has 3 rings (SSSR count). The number of para-hydroxylation sites is 1. The number of aliphatic hydroxyl groups excluding tert-OH is 1. The zero-order valence-corrected chi connectivity index (χ0v) is 17.8. The summed E-state index contributed by atoms with van der Waals surface area (Å²) in [5.74, 6) is 0.843. The van der Waals surface area contributed by atoms with Crippen LogP contribution in [0.5, 0.6) is 5.75 Å². The molecule has 5 nitrogen and oxygen atoms in total. The normalized spacial score (nSPS) is 16.4. The highest BCUT2D eigenvalue weighted by molar-refractivity contribution is 7.11. The quantitative estimate of drug-likeness (QED) is 0.660. The van der Waals surface area contributed by atoms with Crippen molar-refractivity contribution in [2.75, 3.05) is 52.5 Å². The zero-order valence-electron chi connectivity index (χ0n) is 17.0. The van der Waals surface area contributed by atoms with Gasteiger partial charge in [-0.15, -0.1) is 11.3 Å². The van der Waals surface area contributed by atoms with E-state index < -0.39 is 6.10 Å². The minimum absolute atomic E-state index is 0.308. The van der Waals surface area contributed by atoms with Crippen LogP contribution in [0.4, 0.5) is 0 Å². The van der Waals surface area contributed by atoms with Crippen LogP contribution in [0.1, 0.15) is 15.3 Å². The molecule has 2 heterocycles. The van der Waals surface area contributed by atoms with Crippen molar-refractivity contribution in [1.29, 1.82) is 0 Å². The van der Waals surface area contributed by atoms with E-state index in [0.717, 1.165) is 57.3 Å². The van der Waals surface area contributed by atoms with Crippen LogP contribution in [0, 0.1) is 13.8 Å². The van der Waals surface area contributed by atoms with Gasteiger partial charge in [0.25, 0.3) is 0 Å². The van der Waals surface area contributed by atoms with E-state index in [1.54, 1.807) is 0 Å². The average Bonchev–Trinajstić information content (AvgIpc) is 3.11. The smallest absolute Gasteiger partial charge is 0.122 e. The summed E-state index contributed by atoms with van der Waals surface area (Å²) < 4.78 is 11.3. The van der Waals surface area contributed by atoms with E-state index in [9.17, 15) is 5.11 Å². The van der Waals surface area contributed by atoms with Crippen LogP contribution in [-0.2, 0) is 11.3 Å². The number of hydrogen-bond donors (Lipinski definition) is 1. The van der Waals surface area contributed by atoms with Crippen LogP contribution in [-0.4, -0.2) is 73.6 Å². The van der Waals surface area contributed by atoms with Crippen LogP contribution in [0.3, 0.4) is 0 Å². The Hall–Kier alpha value is -1.44. The molecule has 0 saturated carbocycles. The highest BCUT2D eigenvalue weighted by atomic mass is 32.1. The summed E-state index contributed by atoms with van der Waals surface area (Å²) in [6.07, 6.45) is -0.523. The fourth-order valence-corrected chi connectivity index (χ4v) is 4.32. The van der Waals surface area contributed by atoms with Crippen molar-refractivity contribution in [3.8, 4) is 5.75 Å². The third kappa shape index (κ3) is 6.87.